The van der Waals surface area contributed by atoms with Crippen LogP contribution in [0.5, 0.6) is 0 Å². The Morgan fingerprint density at radius 1 is 1.44 bits per heavy atom. The van der Waals surface area contributed by atoms with Gasteiger partial charge in [-0.3, -0.25) is 0 Å². The standard InChI is InChI=1S/C14H21ClFNO/c1-4-17-12(7-10(2)18-3)8-11-5-6-13(15)14(16)9-11/h5-6,9-10,12,17H,4,7-8H2,1-3H3. The summed E-state index contributed by atoms with van der Waals surface area (Å²) in [7, 11) is 1.70. The van der Waals surface area contributed by atoms with Gasteiger partial charge in [-0.1, -0.05) is 24.6 Å². The molecule has 1 aromatic rings. The largest absolute Gasteiger partial charge is 0.382 e. The zero-order valence-corrected chi connectivity index (χ0v) is 11.9. The molecular weight excluding hydrogens is 253 g/mol. The SMILES string of the molecule is CCNC(Cc1ccc(Cl)c(F)c1)CC(C)OC. The molecule has 1 rings (SSSR count). The Hall–Kier alpha value is -0.640. The first-order chi connectivity index (χ1) is 8.56. The average Bonchev–Trinajstić information content (AvgIpc) is 2.34. The Kier molecular flexibility index (Phi) is 6.61. The van der Waals surface area contributed by atoms with Gasteiger partial charge in [0.05, 0.1) is 11.1 Å². The molecule has 0 bridgehead atoms. The van der Waals surface area contributed by atoms with Crippen molar-refractivity contribution in [3.63, 3.8) is 0 Å². The lowest BCUT2D eigenvalue weighted by Crippen LogP contribution is -2.34. The Balaban J connectivity index is 2.66. The third-order valence-corrected chi connectivity index (χ3v) is 3.28. The average molecular weight is 274 g/mol. The number of benzene rings is 1. The van der Waals surface area contributed by atoms with Crippen molar-refractivity contribution in [2.75, 3.05) is 13.7 Å². The van der Waals surface area contributed by atoms with E-state index >= 15 is 0 Å². The summed E-state index contributed by atoms with van der Waals surface area (Å²) in [6.45, 7) is 4.98. The van der Waals surface area contributed by atoms with E-state index in [-0.39, 0.29) is 23.0 Å². The summed E-state index contributed by atoms with van der Waals surface area (Å²) in [4.78, 5) is 0. The first-order valence-corrected chi connectivity index (χ1v) is 6.64. The highest BCUT2D eigenvalue weighted by molar-refractivity contribution is 6.30. The van der Waals surface area contributed by atoms with Gasteiger partial charge in [0.15, 0.2) is 0 Å². The molecule has 1 N–H and O–H groups in total. The molecule has 0 radical (unpaired) electrons. The lowest BCUT2D eigenvalue weighted by Gasteiger charge is -2.21. The fourth-order valence-electron chi connectivity index (χ4n) is 1.98. The number of hydrogen-bond acceptors (Lipinski definition) is 2. The highest BCUT2D eigenvalue weighted by Gasteiger charge is 2.13. The van der Waals surface area contributed by atoms with Gasteiger partial charge in [0.2, 0.25) is 0 Å². The van der Waals surface area contributed by atoms with Gasteiger partial charge in [0, 0.05) is 13.2 Å². The Bertz CT molecular complexity index is 373. The van der Waals surface area contributed by atoms with Gasteiger partial charge in [0.25, 0.3) is 0 Å². The number of halogens is 2. The maximum Gasteiger partial charge on any atom is 0.142 e. The van der Waals surface area contributed by atoms with E-state index in [1.807, 2.05) is 13.0 Å². The molecule has 0 heterocycles. The van der Waals surface area contributed by atoms with Crippen LogP contribution in [-0.4, -0.2) is 25.8 Å². The highest BCUT2D eigenvalue weighted by atomic mass is 35.5. The number of ether oxygens (including phenoxy) is 1. The van der Waals surface area contributed by atoms with Crippen LogP contribution in [0.15, 0.2) is 18.2 Å². The van der Waals surface area contributed by atoms with Crippen molar-refractivity contribution < 1.29 is 9.13 Å². The van der Waals surface area contributed by atoms with Gasteiger partial charge in [-0.15, -0.1) is 0 Å². The van der Waals surface area contributed by atoms with Crippen molar-refractivity contribution in [1.29, 1.82) is 0 Å². The zero-order chi connectivity index (χ0) is 13.5. The number of methoxy groups -OCH3 is 1. The van der Waals surface area contributed by atoms with Crippen molar-refractivity contribution >= 4 is 11.6 Å². The first kappa shape index (κ1) is 15.4. The molecule has 0 saturated carbocycles. The normalized spacial score (nSPS) is 14.5. The van der Waals surface area contributed by atoms with Crippen LogP contribution >= 0.6 is 11.6 Å². The van der Waals surface area contributed by atoms with Crippen LogP contribution in [0.3, 0.4) is 0 Å². The molecular formula is C14H21ClFNO. The molecule has 0 aliphatic heterocycles. The molecule has 0 fully saturated rings. The molecule has 0 aromatic heterocycles. The second-order valence-electron chi connectivity index (χ2n) is 4.49. The van der Waals surface area contributed by atoms with Gasteiger partial charge in [-0.2, -0.15) is 0 Å². The van der Waals surface area contributed by atoms with Crippen LogP contribution in [-0.2, 0) is 11.2 Å². The smallest absolute Gasteiger partial charge is 0.142 e. The maximum atomic E-state index is 13.4. The molecule has 1 aromatic carbocycles. The monoisotopic (exact) mass is 273 g/mol. The summed E-state index contributed by atoms with van der Waals surface area (Å²) < 4.78 is 18.6. The number of likely N-dealkylation sites (N-methyl/N-ethyl adjacent to an activating group) is 1. The van der Waals surface area contributed by atoms with Gasteiger partial charge in [0.1, 0.15) is 5.82 Å². The minimum atomic E-state index is -0.357. The van der Waals surface area contributed by atoms with Crippen molar-refractivity contribution in [3.8, 4) is 0 Å². The van der Waals surface area contributed by atoms with E-state index in [9.17, 15) is 4.39 Å². The molecule has 0 spiro atoms. The Labute approximate surface area is 113 Å². The highest BCUT2D eigenvalue weighted by Crippen LogP contribution is 2.17. The van der Waals surface area contributed by atoms with E-state index in [1.54, 1.807) is 13.2 Å². The maximum absolute atomic E-state index is 13.4. The molecule has 2 unspecified atom stereocenters. The van der Waals surface area contributed by atoms with Gasteiger partial charge >= 0.3 is 0 Å². The molecule has 2 nitrogen and oxygen atoms in total. The minimum Gasteiger partial charge on any atom is -0.382 e. The van der Waals surface area contributed by atoms with E-state index in [1.165, 1.54) is 6.07 Å². The van der Waals surface area contributed by atoms with E-state index in [0.29, 0.717) is 0 Å². The van der Waals surface area contributed by atoms with E-state index < -0.39 is 0 Å². The minimum absolute atomic E-state index is 0.170. The van der Waals surface area contributed by atoms with Crippen LogP contribution in [0.4, 0.5) is 4.39 Å². The number of rotatable bonds is 7. The van der Waals surface area contributed by atoms with Crippen LogP contribution < -0.4 is 5.32 Å². The zero-order valence-electron chi connectivity index (χ0n) is 11.2. The molecule has 0 aliphatic carbocycles. The summed E-state index contributed by atoms with van der Waals surface area (Å²) >= 11 is 5.67. The van der Waals surface area contributed by atoms with Crippen LogP contribution in [0.25, 0.3) is 0 Å². The van der Waals surface area contributed by atoms with Crippen molar-refractivity contribution in [1.82, 2.24) is 5.32 Å². The molecule has 0 aliphatic rings. The van der Waals surface area contributed by atoms with Gasteiger partial charge in [-0.05, 0) is 44.0 Å². The quantitative estimate of drug-likeness (QED) is 0.822. The van der Waals surface area contributed by atoms with Crippen molar-refractivity contribution in [2.24, 2.45) is 0 Å². The van der Waals surface area contributed by atoms with Crippen molar-refractivity contribution in [3.05, 3.63) is 34.6 Å². The molecule has 4 heteroatoms. The lowest BCUT2D eigenvalue weighted by atomic mass is 10.0. The summed E-state index contributed by atoms with van der Waals surface area (Å²) in [6, 6.07) is 5.26. The van der Waals surface area contributed by atoms with Gasteiger partial charge < -0.3 is 10.1 Å². The topological polar surface area (TPSA) is 21.3 Å². The third kappa shape index (κ3) is 4.92. The number of hydrogen-bond donors (Lipinski definition) is 1. The van der Waals surface area contributed by atoms with Gasteiger partial charge in [-0.25, -0.2) is 4.39 Å². The third-order valence-electron chi connectivity index (χ3n) is 2.98. The van der Waals surface area contributed by atoms with Crippen LogP contribution in [0.2, 0.25) is 5.02 Å². The van der Waals surface area contributed by atoms with E-state index in [2.05, 4.69) is 12.2 Å². The fraction of sp³-hybridized carbons (Fsp3) is 0.571. The van der Waals surface area contributed by atoms with Crippen LogP contribution in [0, 0.1) is 5.82 Å². The summed E-state index contributed by atoms with van der Waals surface area (Å²) in [5, 5.41) is 3.57. The molecule has 0 saturated heterocycles. The van der Waals surface area contributed by atoms with Crippen molar-refractivity contribution in [2.45, 2.75) is 38.8 Å². The molecule has 2 atom stereocenters. The first-order valence-electron chi connectivity index (χ1n) is 6.26. The van der Waals surface area contributed by atoms with Crippen LogP contribution in [0.1, 0.15) is 25.8 Å². The van der Waals surface area contributed by atoms with E-state index in [0.717, 1.165) is 24.9 Å². The predicted octanol–water partition coefficient (Wildman–Crippen LogP) is 3.42. The summed E-state index contributed by atoms with van der Waals surface area (Å²) in [5.41, 5.74) is 0.950. The second kappa shape index (κ2) is 7.72. The Morgan fingerprint density at radius 2 is 2.17 bits per heavy atom. The van der Waals surface area contributed by atoms with E-state index in [4.69, 9.17) is 16.3 Å². The molecule has 102 valence electrons. The summed E-state index contributed by atoms with van der Waals surface area (Å²) in [5.74, 6) is -0.357. The Morgan fingerprint density at radius 3 is 2.72 bits per heavy atom. The number of nitrogens with one attached hydrogen (secondary N) is 1. The molecule has 0 amide bonds. The molecule has 18 heavy (non-hydrogen) atoms. The fourth-order valence-corrected chi connectivity index (χ4v) is 2.09. The second-order valence-corrected chi connectivity index (χ2v) is 4.90. The summed E-state index contributed by atoms with van der Waals surface area (Å²) in [6.07, 6.45) is 1.86. The lowest BCUT2D eigenvalue weighted by molar-refractivity contribution is 0.101. The predicted molar refractivity (Wildman–Crippen MR) is 73.7 cm³/mol.